The Morgan fingerprint density at radius 2 is 2.00 bits per heavy atom. The number of fused-ring (bicyclic) bond motifs is 1. The minimum absolute atomic E-state index is 0.124. The van der Waals surface area contributed by atoms with Gasteiger partial charge in [-0.25, -0.2) is 0 Å². The molecule has 0 spiro atoms. The van der Waals surface area contributed by atoms with E-state index in [1.165, 1.54) is 10.9 Å². The molecule has 0 aliphatic carbocycles. The van der Waals surface area contributed by atoms with Crippen LogP contribution in [0, 0.1) is 0 Å². The lowest BCUT2D eigenvalue weighted by Crippen LogP contribution is -2.30. The van der Waals surface area contributed by atoms with Gasteiger partial charge in [0.1, 0.15) is 0 Å². The molecule has 1 aromatic heterocycles. The van der Waals surface area contributed by atoms with E-state index in [2.05, 4.69) is 40.2 Å². The van der Waals surface area contributed by atoms with Crippen molar-refractivity contribution in [1.29, 1.82) is 0 Å². The Morgan fingerprint density at radius 3 is 2.76 bits per heavy atom. The minimum atomic E-state index is 0.124. The summed E-state index contributed by atoms with van der Waals surface area (Å²) in [4.78, 5) is 0. The molecule has 2 heterocycles. The average molecular weight is 230 g/mol. The van der Waals surface area contributed by atoms with E-state index in [-0.39, 0.29) is 6.61 Å². The van der Waals surface area contributed by atoms with Gasteiger partial charge in [0.25, 0.3) is 0 Å². The van der Waals surface area contributed by atoms with Gasteiger partial charge in [0.05, 0.1) is 6.61 Å². The van der Waals surface area contributed by atoms with Crippen LogP contribution in [-0.4, -0.2) is 22.8 Å². The molecule has 0 radical (unpaired) electrons. The molecule has 1 aliphatic heterocycles. The first kappa shape index (κ1) is 10.8. The van der Waals surface area contributed by atoms with Crippen LogP contribution in [0.5, 0.6) is 0 Å². The molecule has 17 heavy (non-hydrogen) atoms. The average Bonchev–Trinajstić information content (AvgIpc) is 2.78. The number of benzene rings is 1. The number of nitrogens with zero attached hydrogens (tertiary/aromatic N) is 1. The molecule has 3 nitrogen and oxygen atoms in total. The van der Waals surface area contributed by atoms with E-state index in [9.17, 15) is 5.11 Å². The summed E-state index contributed by atoms with van der Waals surface area (Å²) >= 11 is 0. The summed E-state index contributed by atoms with van der Waals surface area (Å²) in [5.41, 5.74) is 2.29. The number of aromatic nitrogens is 1. The third-order valence-electron chi connectivity index (χ3n) is 3.66. The van der Waals surface area contributed by atoms with Crippen molar-refractivity contribution in [1.82, 2.24) is 9.88 Å². The van der Waals surface area contributed by atoms with E-state index in [0.717, 1.165) is 31.6 Å². The molecule has 0 saturated carbocycles. The van der Waals surface area contributed by atoms with Crippen LogP contribution in [0.4, 0.5) is 0 Å². The van der Waals surface area contributed by atoms with Gasteiger partial charge in [0.2, 0.25) is 0 Å². The summed E-state index contributed by atoms with van der Waals surface area (Å²) in [6.45, 7) is 2.27. The van der Waals surface area contributed by atoms with Crippen molar-refractivity contribution < 1.29 is 5.11 Å². The molecule has 1 aliphatic rings. The fraction of sp³-hybridized carbons (Fsp3) is 0.429. The van der Waals surface area contributed by atoms with Gasteiger partial charge in [-0.2, -0.15) is 0 Å². The lowest BCUT2D eigenvalue weighted by Gasteiger charge is -2.26. The molecule has 2 N–H and O–H groups in total. The monoisotopic (exact) mass is 230 g/mol. The van der Waals surface area contributed by atoms with Crippen LogP contribution in [-0.2, 0) is 6.61 Å². The normalized spacial score (nSPS) is 17.7. The van der Waals surface area contributed by atoms with Gasteiger partial charge in [-0.05, 0) is 43.5 Å². The maximum absolute atomic E-state index is 9.51. The molecule has 1 saturated heterocycles. The predicted octanol–water partition coefficient (Wildman–Crippen LogP) is 2.06. The summed E-state index contributed by atoms with van der Waals surface area (Å²) in [6.07, 6.45) is 2.29. The molecule has 0 unspecified atom stereocenters. The molecule has 90 valence electrons. The van der Waals surface area contributed by atoms with Crippen LogP contribution < -0.4 is 5.32 Å². The van der Waals surface area contributed by atoms with Crippen LogP contribution in [0.25, 0.3) is 10.9 Å². The molecule has 1 fully saturated rings. The van der Waals surface area contributed by atoms with Crippen LogP contribution >= 0.6 is 0 Å². The van der Waals surface area contributed by atoms with Crippen molar-refractivity contribution >= 4 is 10.9 Å². The summed E-state index contributed by atoms with van der Waals surface area (Å²) in [6, 6.07) is 11.0. The smallest absolute Gasteiger partial charge is 0.0833 e. The molecular formula is C14H18N2O. The second-order valence-electron chi connectivity index (χ2n) is 4.70. The van der Waals surface area contributed by atoms with Crippen molar-refractivity contribution in [3.63, 3.8) is 0 Å². The topological polar surface area (TPSA) is 37.2 Å². The van der Waals surface area contributed by atoms with Crippen molar-refractivity contribution in [3.8, 4) is 0 Å². The van der Waals surface area contributed by atoms with E-state index in [1.807, 2.05) is 0 Å². The Hall–Kier alpha value is -1.32. The maximum atomic E-state index is 9.51. The van der Waals surface area contributed by atoms with Gasteiger partial charge in [-0.3, -0.25) is 0 Å². The largest absolute Gasteiger partial charge is 0.390 e. The van der Waals surface area contributed by atoms with E-state index in [1.54, 1.807) is 0 Å². The number of piperidine rings is 1. The number of rotatable bonds is 2. The van der Waals surface area contributed by atoms with Crippen LogP contribution in [0.2, 0.25) is 0 Å². The first-order valence-electron chi connectivity index (χ1n) is 6.30. The van der Waals surface area contributed by atoms with Gasteiger partial charge >= 0.3 is 0 Å². The minimum Gasteiger partial charge on any atom is -0.390 e. The zero-order valence-corrected chi connectivity index (χ0v) is 9.89. The third kappa shape index (κ3) is 1.85. The van der Waals surface area contributed by atoms with E-state index in [0.29, 0.717) is 6.04 Å². The van der Waals surface area contributed by atoms with Gasteiger partial charge < -0.3 is 15.0 Å². The number of aliphatic hydroxyl groups excluding tert-OH is 1. The van der Waals surface area contributed by atoms with Crippen LogP contribution in [0.15, 0.2) is 30.3 Å². The first-order chi connectivity index (χ1) is 8.40. The maximum Gasteiger partial charge on any atom is 0.0833 e. The lowest BCUT2D eigenvalue weighted by molar-refractivity contribution is 0.260. The first-order valence-corrected chi connectivity index (χ1v) is 6.30. The zero-order chi connectivity index (χ0) is 11.7. The number of hydrogen-bond acceptors (Lipinski definition) is 2. The fourth-order valence-electron chi connectivity index (χ4n) is 2.85. The predicted molar refractivity (Wildman–Crippen MR) is 69.0 cm³/mol. The highest BCUT2D eigenvalue weighted by atomic mass is 16.3. The van der Waals surface area contributed by atoms with Gasteiger partial charge in [-0.1, -0.05) is 18.2 Å². The van der Waals surface area contributed by atoms with Crippen LogP contribution in [0.3, 0.4) is 0 Å². The Kier molecular flexibility index (Phi) is 2.87. The van der Waals surface area contributed by atoms with Gasteiger partial charge in [0.15, 0.2) is 0 Å². The SMILES string of the molecule is OCc1cc2ccccc2n1C1CCNCC1. The quantitative estimate of drug-likeness (QED) is 0.828. The molecule has 1 aromatic carbocycles. The van der Waals surface area contributed by atoms with E-state index >= 15 is 0 Å². The van der Waals surface area contributed by atoms with Gasteiger partial charge in [0, 0.05) is 17.3 Å². The second-order valence-corrected chi connectivity index (χ2v) is 4.70. The standard InChI is InChI=1S/C14H18N2O/c17-10-13-9-11-3-1-2-4-14(11)16(13)12-5-7-15-8-6-12/h1-4,9,12,15,17H,5-8,10H2. The van der Waals surface area contributed by atoms with Gasteiger partial charge in [-0.15, -0.1) is 0 Å². The summed E-state index contributed by atoms with van der Waals surface area (Å²) in [5, 5.41) is 14.1. The number of aliphatic hydroxyl groups is 1. The van der Waals surface area contributed by atoms with Crippen molar-refractivity contribution in [3.05, 3.63) is 36.0 Å². The highest BCUT2D eigenvalue weighted by molar-refractivity contribution is 5.81. The zero-order valence-electron chi connectivity index (χ0n) is 9.89. The summed E-state index contributed by atoms with van der Waals surface area (Å²) < 4.78 is 2.33. The van der Waals surface area contributed by atoms with Crippen LogP contribution in [0.1, 0.15) is 24.6 Å². The lowest BCUT2D eigenvalue weighted by atomic mass is 10.1. The molecule has 0 bridgehead atoms. The Balaban J connectivity index is 2.11. The highest BCUT2D eigenvalue weighted by Gasteiger charge is 2.19. The number of hydrogen-bond donors (Lipinski definition) is 2. The molecule has 0 atom stereocenters. The Bertz CT molecular complexity index is 512. The summed E-state index contributed by atoms with van der Waals surface area (Å²) in [5.74, 6) is 0. The van der Waals surface area contributed by atoms with Crippen molar-refractivity contribution in [2.24, 2.45) is 0 Å². The fourth-order valence-corrected chi connectivity index (χ4v) is 2.85. The molecule has 3 rings (SSSR count). The Labute approximate surface area is 101 Å². The highest BCUT2D eigenvalue weighted by Crippen LogP contribution is 2.28. The molecule has 3 heteroatoms. The third-order valence-corrected chi connectivity index (χ3v) is 3.66. The van der Waals surface area contributed by atoms with Crippen molar-refractivity contribution in [2.45, 2.75) is 25.5 Å². The summed E-state index contributed by atoms with van der Waals surface area (Å²) in [7, 11) is 0. The Morgan fingerprint density at radius 1 is 1.24 bits per heavy atom. The number of para-hydroxylation sites is 1. The second kappa shape index (κ2) is 4.51. The molecular weight excluding hydrogens is 212 g/mol. The molecule has 2 aromatic rings. The van der Waals surface area contributed by atoms with Crippen molar-refractivity contribution in [2.75, 3.05) is 13.1 Å². The molecule has 0 amide bonds. The number of nitrogens with one attached hydrogen (secondary N) is 1. The van der Waals surface area contributed by atoms with E-state index in [4.69, 9.17) is 0 Å². The van der Waals surface area contributed by atoms with E-state index < -0.39 is 0 Å².